The van der Waals surface area contributed by atoms with Crippen LogP contribution in [0.5, 0.6) is 0 Å². The number of aromatic nitrogens is 2. The van der Waals surface area contributed by atoms with E-state index < -0.39 is 0 Å². The minimum Gasteiger partial charge on any atom is -0.376 e. The average molecular weight is 354 g/mol. The van der Waals surface area contributed by atoms with Crippen molar-refractivity contribution in [3.05, 3.63) is 41.7 Å². The van der Waals surface area contributed by atoms with Crippen LogP contribution in [0.1, 0.15) is 63.5 Å². The minimum atomic E-state index is 0.288. The number of anilines is 3. The van der Waals surface area contributed by atoms with Crippen molar-refractivity contribution in [1.82, 2.24) is 9.97 Å². The Morgan fingerprint density at radius 1 is 1.08 bits per heavy atom. The van der Waals surface area contributed by atoms with Gasteiger partial charge in [0.25, 0.3) is 0 Å². The molecule has 2 heterocycles. The van der Waals surface area contributed by atoms with Crippen LogP contribution >= 0.6 is 0 Å². The number of para-hydroxylation sites is 1. The Hall–Kier alpha value is -2.14. The predicted octanol–water partition coefficient (Wildman–Crippen LogP) is 5.06. The van der Waals surface area contributed by atoms with Gasteiger partial charge in [-0.05, 0) is 35.8 Å². The second kappa shape index (κ2) is 8.49. The molecule has 5 nitrogen and oxygen atoms in total. The number of nitrogens with one attached hydrogen (secondary N) is 2. The van der Waals surface area contributed by atoms with Crippen LogP contribution in [-0.2, 0) is 4.74 Å². The van der Waals surface area contributed by atoms with Gasteiger partial charge in [0.2, 0.25) is 0 Å². The number of benzene rings is 1. The highest BCUT2D eigenvalue weighted by Gasteiger charge is 2.16. The van der Waals surface area contributed by atoms with Gasteiger partial charge in [-0.25, -0.2) is 9.97 Å². The van der Waals surface area contributed by atoms with Crippen LogP contribution in [0.25, 0.3) is 0 Å². The van der Waals surface area contributed by atoms with E-state index in [0.717, 1.165) is 37.6 Å². The molecule has 0 spiro atoms. The van der Waals surface area contributed by atoms with Crippen molar-refractivity contribution in [1.29, 1.82) is 0 Å². The van der Waals surface area contributed by atoms with Crippen LogP contribution in [0, 0.1) is 0 Å². The summed E-state index contributed by atoms with van der Waals surface area (Å²) in [5.74, 6) is 2.52. The molecule has 1 aromatic heterocycles. The van der Waals surface area contributed by atoms with Crippen LogP contribution < -0.4 is 10.6 Å². The molecule has 26 heavy (non-hydrogen) atoms. The molecule has 0 radical (unpaired) electrons. The van der Waals surface area contributed by atoms with Gasteiger partial charge in [0.15, 0.2) is 0 Å². The number of ether oxygens (including phenoxy) is 1. The summed E-state index contributed by atoms with van der Waals surface area (Å²) in [6, 6.07) is 8.49. The second-order valence-corrected chi connectivity index (χ2v) is 7.55. The second-order valence-electron chi connectivity index (χ2n) is 7.55. The zero-order valence-corrected chi connectivity index (χ0v) is 16.2. The molecule has 2 N–H and O–H groups in total. The van der Waals surface area contributed by atoms with Crippen LogP contribution in [0.4, 0.5) is 17.3 Å². The molecule has 1 fully saturated rings. The van der Waals surface area contributed by atoms with Gasteiger partial charge in [-0.2, -0.15) is 0 Å². The lowest BCUT2D eigenvalue weighted by molar-refractivity contribution is 0.120. The first-order chi connectivity index (χ1) is 12.5. The van der Waals surface area contributed by atoms with Gasteiger partial charge in [-0.15, -0.1) is 0 Å². The van der Waals surface area contributed by atoms with Crippen molar-refractivity contribution in [3.8, 4) is 0 Å². The Morgan fingerprint density at radius 2 is 1.77 bits per heavy atom. The van der Waals surface area contributed by atoms with Gasteiger partial charge >= 0.3 is 0 Å². The molecule has 1 aromatic carbocycles. The summed E-state index contributed by atoms with van der Waals surface area (Å²) >= 11 is 0. The van der Waals surface area contributed by atoms with Crippen molar-refractivity contribution in [2.24, 2.45) is 0 Å². The fourth-order valence-corrected chi connectivity index (χ4v) is 3.37. The largest absolute Gasteiger partial charge is 0.376 e. The minimum absolute atomic E-state index is 0.288. The van der Waals surface area contributed by atoms with Crippen LogP contribution in [0.15, 0.2) is 30.6 Å². The monoisotopic (exact) mass is 354 g/mol. The number of rotatable bonds is 7. The zero-order chi connectivity index (χ0) is 18.5. The molecular formula is C21H30N4O. The van der Waals surface area contributed by atoms with E-state index in [4.69, 9.17) is 4.74 Å². The molecule has 0 saturated carbocycles. The topological polar surface area (TPSA) is 59.1 Å². The molecule has 3 rings (SSSR count). The number of nitrogens with zero attached hydrogens (tertiary/aromatic N) is 2. The van der Waals surface area contributed by atoms with Crippen molar-refractivity contribution in [2.45, 2.75) is 58.5 Å². The van der Waals surface area contributed by atoms with E-state index in [0.29, 0.717) is 11.8 Å². The molecule has 5 heteroatoms. The molecule has 1 aliphatic rings. The van der Waals surface area contributed by atoms with Crippen LogP contribution in [-0.4, -0.2) is 29.2 Å². The van der Waals surface area contributed by atoms with Gasteiger partial charge in [0.05, 0.1) is 6.10 Å². The van der Waals surface area contributed by atoms with E-state index in [1.165, 1.54) is 16.8 Å². The van der Waals surface area contributed by atoms with Crippen molar-refractivity contribution in [2.75, 3.05) is 23.8 Å². The maximum absolute atomic E-state index is 5.66. The molecule has 1 saturated heterocycles. The van der Waals surface area contributed by atoms with Gasteiger partial charge in [0.1, 0.15) is 18.0 Å². The third-order valence-electron chi connectivity index (χ3n) is 4.83. The SMILES string of the molecule is CC(C)c1cccc(C(C)C)c1Nc1cc(NCC2CCCO2)ncn1. The molecule has 1 atom stereocenters. The Kier molecular flexibility index (Phi) is 6.09. The van der Waals surface area contributed by atoms with Gasteiger partial charge in [-0.1, -0.05) is 45.9 Å². The smallest absolute Gasteiger partial charge is 0.135 e. The molecule has 2 aromatic rings. The Balaban J connectivity index is 1.79. The Morgan fingerprint density at radius 3 is 2.38 bits per heavy atom. The summed E-state index contributed by atoms with van der Waals surface area (Å²) in [6.07, 6.45) is 4.15. The standard InChI is InChI=1S/C21H30N4O/c1-14(2)17-8-5-9-18(15(3)4)21(17)25-20-11-19(23-13-24-20)22-12-16-7-6-10-26-16/h5,8-9,11,13-16H,6-7,10,12H2,1-4H3,(H2,22,23,24,25). The maximum atomic E-state index is 5.66. The first-order valence-electron chi connectivity index (χ1n) is 9.62. The fourth-order valence-electron chi connectivity index (χ4n) is 3.37. The molecular weight excluding hydrogens is 324 g/mol. The molecule has 1 aliphatic heterocycles. The van der Waals surface area contributed by atoms with Crippen molar-refractivity contribution in [3.63, 3.8) is 0 Å². The zero-order valence-electron chi connectivity index (χ0n) is 16.2. The van der Waals surface area contributed by atoms with Gasteiger partial charge in [-0.3, -0.25) is 0 Å². The summed E-state index contributed by atoms with van der Waals surface area (Å²) in [5, 5.41) is 6.92. The van der Waals surface area contributed by atoms with Crippen molar-refractivity contribution < 1.29 is 4.74 Å². The van der Waals surface area contributed by atoms with E-state index in [-0.39, 0.29) is 6.10 Å². The first kappa shape index (κ1) is 18.6. The first-order valence-corrected chi connectivity index (χ1v) is 9.62. The molecule has 1 unspecified atom stereocenters. The quantitative estimate of drug-likeness (QED) is 0.728. The third kappa shape index (κ3) is 4.52. The Bertz CT molecular complexity index is 697. The lowest BCUT2D eigenvalue weighted by Crippen LogP contribution is -2.19. The molecule has 140 valence electrons. The third-order valence-corrected chi connectivity index (χ3v) is 4.83. The molecule has 0 aliphatic carbocycles. The molecule has 0 amide bonds. The lowest BCUT2D eigenvalue weighted by Gasteiger charge is -2.20. The number of hydrogen-bond donors (Lipinski definition) is 2. The highest BCUT2D eigenvalue weighted by atomic mass is 16.5. The van der Waals surface area contributed by atoms with E-state index in [2.05, 4.69) is 66.5 Å². The fraction of sp³-hybridized carbons (Fsp3) is 0.524. The summed E-state index contributed by atoms with van der Waals surface area (Å²) in [6.45, 7) is 10.5. The highest BCUT2D eigenvalue weighted by Crippen LogP contribution is 2.34. The summed E-state index contributed by atoms with van der Waals surface area (Å²) in [7, 11) is 0. The number of hydrogen-bond acceptors (Lipinski definition) is 5. The lowest BCUT2D eigenvalue weighted by atomic mass is 9.92. The maximum Gasteiger partial charge on any atom is 0.135 e. The summed E-state index contributed by atoms with van der Waals surface area (Å²) in [4.78, 5) is 8.76. The van der Waals surface area contributed by atoms with Crippen LogP contribution in [0.2, 0.25) is 0 Å². The van der Waals surface area contributed by atoms with Crippen molar-refractivity contribution >= 4 is 17.3 Å². The highest BCUT2D eigenvalue weighted by molar-refractivity contribution is 5.67. The summed E-state index contributed by atoms with van der Waals surface area (Å²) < 4.78 is 5.66. The average Bonchev–Trinajstić information content (AvgIpc) is 3.13. The predicted molar refractivity (Wildman–Crippen MR) is 107 cm³/mol. The van der Waals surface area contributed by atoms with Gasteiger partial charge in [0, 0.05) is 24.9 Å². The van der Waals surface area contributed by atoms with E-state index >= 15 is 0 Å². The van der Waals surface area contributed by atoms with Gasteiger partial charge < -0.3 is 15.4 Å². The van der Waals surface area contributed by atoms with E-state index in [1.54, 1.807) is 6.33 Å². The van der Waals surface area contributed by atoms with Crippen LogP contribution in [0.3, 0.4) is 0 Å². The Labute approximate surface area is 156 Å². The molecule has 0 bridgehead atoms. The van der Waals surface area contributed by atoms with E-state index in [1.807, 2.05) is 6.07 Å². The van der Waals surface area contributed by atoms with E-state index in [9.17, 15) is 0 Å². The normalized spacial score (nSPS) is 17.1. The summed E-state index contributed by atoms with van der Waals surface area (Å²) in [5.41, 5.74) is 3.79.